The van der Waals surface area contributed by atoms with Gasteiger partial charge in [0.05, 0.1) is 12.3 Å². The summed E-state index contributed by atoms with van der Waals surface area (Å²) < 4.78 is 0. The zero-order chi connectivity index (χ0) is 47.3. The Labute approximate surface area is 383 Å². The summed E-state index contributed by atoms with van der Waals surface area (Å²) in [5.74, 6) is -3.28. The van der Waals surface area contributed by atoms with Crippen molar-refractivity contribution < 1.29 is 39.6 Å². The average Bonchev–Trinajstić information content (AvgIpc) is 3.28. The molecular weight excluding hydrogens is 801 g/mol. The SMILES string of the molecule is C/C(=C/C(=O)O)C(=O)O.CC(CC(=O)O)C(=O)O.CCCCCCc1ccc(C(C)CC(CC(CC(CC)c2ccccc2)c2ccccc2)c2ccc(CCCCCC)cc2)cc1. The average molecular weight is 877 g/mol. The Kier molecular flexibility index (Phi) is 26.8. The molecule has 0 bridgehead atoms. The molecule has 0 saturated carbocycles. The highest BCUT2D eigenvalue weighted by Crippen LogP contribution is 2.42. The smallest absolute Gasteiger partial charge is 0.331 e. The molecule has 5 unspecified atom stereocenters. The zero-order valence-electron chi connectivity index (χ0n) is 39.4. The van der Waals surface area contributed by atoms with Crippen LogP contribution in [0.25, 0.3) is 0 Å². The Morgan fingerprint density at radius 3 is 1.31 bits per heavy atom. The van der Waals surface area contributed by atoms with E-state index in [9.17, 15) is 19.2 Å². The molecule has 4 rings (SSSR count). The molecular formula is C56H76O8. The van der Waals surface area contributed by atoms with Crippen LogP contribution in [0.15, 0.2) is 121 Å². The van der Waals surface area contributed by atoms with E-state index in [2.05, 4.69) is 137 Å². The van der Waals surface area contributed by atoms with Crippen LogP contribution in [-0.4, -0.2) is 44.3 Å². The van der Waals surface area contributed by atoms with Crippen molar-refractivity contribution in [3.05, 3.63) is 154 Å². The normalized spacial score (nSPS) is 13.4. The molecule has 64 heavy (non-hydrogen) atoms. The van der Waals surface area contributed by atoms with Crippen LogP contribution in [0.5, 0.6) is 0 Å². The van der Waals surface area contributed by atoms with E-state index in [0.717, 1.165) is 0 Å². The second kappa shape index (κ2) is 31.4. The Bertz CT molecular complexity index is 1940. The van der Waals surface area contributed by atoms with Crippen molar-refractivity contribution in [2.45, 2.75) is 162 Å². The molecule has 4 aromatic rings. The van der Waals surface area contributed by atoms with Crippen LogP contribution in [0, 0.1) is 5.92 Å². The number of aryl methyl sites for hydroxylation is 2. The zero-order valence-corrected chi connectivity index (χ0v) is 39.4. The van der Waals surface area contributed by atoms with Crippen molar-refractivity contribution in [3.8, 4) is 0 Å². The van der Waals surface area contributed by atoms with E-state index in [1.165, 1.54) is 137 Å². The first-order valence-corrected chi connectivity index (χ1v) is 23.5. The van der Waals surface area contributed by atoms with Crippen molar-refractivity contribution in [3.63, 3.8) is 0 Å². The first-order valence-electron chi connectivity index (χ1n) is 23.5. The minimum atomic E-state index is -1.24. The van der Waals surface area contributed by atoms with Gasteiger partial charge >= 0.3 is 23.9 Å². The van der Waals surface area contributed by atoms with E-state index < -0.39 is 29.8 Å². The summed E-state index contributed by atoms with van der Waals surface area (Å²) in [6, 6.07) is 42.1. The van der Waals surface area contributed by atoms with Crippen molar-refractivity contribution >= 4 is 23.9 Å². The molecule has 0 spiro atoms. The molecule has 0 aliphatic carbocycles. The highest BCUT2D eigenvalue weighted by atomic mass is 16.4. The van der Waals surface area contributed by atoms with Crippen LogP contribution in [0.4, 0.5) is 0 Å². The number of hydrogen-bond donors (Lipinski definition) is 4. The predicted octanol–water partition coefficient (Wildman–Crippen LogP) is 14.3. The summed E-state index contributed by atoms with van der Waals surface area (Å²) in [7, 11) is 0. The standard InChI is InChI=1S/C46H62.C5H8O4.C5H6O4/c1-5-8-10-14-20-38-26-30-41(31-27-38)37(4)34-45(44-32-28-39(29-33-44)21-15-11-9-6-2)36-46(43-24-18-13-19-25-43)35-40(7-3)42-22-16-12-17-23-42;2*1-3(5(8)9)2-4(6)7/h12-13,16-19,22-33,37,40,45-46H,5-11,14-15,20-21,34-36H2,1-4H3;3H,2H2,1H3,(H,6,7)(H,8,9);2H,1H3,(H,6,7)(H,8,9)/b;;3-2-. The van der Waals surface area contributed by atoms with Gasteiger partial charge in [-0.25, -0.2) is 9.59 Å². The van der Waals surface area contributed by atoms with Gasteiger partial charge in [0.25, 0.3) is 0 Å². The van der Waals surface area contributed by atoms with E-state index >= 15 is 0 Å². The van der Waals surface area contributed by atoms with Crippen LogP contribution in [0.1, 0.15) is 182 Å². The Morgan fingerprint density at radius 2 is 0.938 bits per heavy atom. The number of aliphatic carboxylic acids is 4. The summed E-state index contributed by atoms with van der Waals surface area (Å²) in [5, 5.41) is 32.3. The van der Waals surface area contributed by atoms with Crippen molar-refractivity contribution in [1.29, 1.82) is 0 Å². The molecule has 0 radical (unpaired) electrons. The number of hydrogen-bond acceptors (Lipinski definition) is 4. The van der Waals surface area contributed by atoms with Crippen LogP contribution in [-0.2, 0) is 32.0 Å². The lowest BCUT2D eigenvalue weighted by Gasteiger charge is -2.30. The maximum Gasteiger partial charge on any atom is 0.331 e. The first-order chi connectivity index (χ1) is 30.7. The van der Waals surface area contributed by atoms with Crippen LogP contribution >= 0.6 is 0 Å². The fourth-order valence-corrected chi connectivity index (χ4v) is 8.05. The molecule has 4 N–H and O–H groups in total. The third kappa shape index (κ3) is 22.2. The van der Waals surface area contributed by atoms with E-state index in [4.69, 9.17) is 20.4 Å². The van der Waals surface area contributed by atoms with Gasteiger partial charge in [0.1, 0.15) is 0 Å². The van der Waals surface area contributed by atoms with E-state index in [0.29, 0.717) is 29.7 Å². The summed E-state index contributed by atoms with van der Waals surface area (Å²) in [6.45, 7) is 12.0. The fraction of sp³-hybridized carbons (Fsp3) is 0.464. The largest absolute Gasteiger partial charge is 0.481 e. The molecule has 0 heterocycles. The summed E-state index contributed by atoms with van der Waals surface area (Å²) >= 11 is 0. The lowest BCUT2D eigenvalue weighted by Crippen LogP contribution is -2.13. The molecule has 348 valence electrons. The minimum absolute atomic E-state index is 0.178. The second-order valence-corrected chi connectivity index (χ2v) is 17.3. The number of carbonyl (C=O) groups is 4. The number of carboxylic acids is 4. The number of rotatable bonds is 26. The lowest BCUT2D eigenvalue weighted by molar-refractivity contribution is -0.147. The Balaban J connectivity index is 0.000000653. The van der Waals surface area contributed by atoms with Crippen LogP contribution < -0.4 is 0 Å². The predicted molar refractivity (Wildman–Crippen MR) is 260 cm³/mol. The molecule has 8 heteroatoms. The van der Waals surface area contributed by atoms with Crippen molar-refractivity contribution in [2.75, 3.05) is 0 Å². The monoisotopic (exact) mass is 877 g/mol. The van der Waals surface area contributed by atoms with E-state index in [1.807, 2.05) is 0 Å². The van der Waals surface area contributed by atoms with Crippen molar-refractivity contribution in [1.82, 2.24) is 0 Å². The van der Waals surface area contributed by atoms with Gasteiger partial charge in [0.15, 0.2) is 0 Å². The van der Waals surface area contributed by atoms with Gasteiger partial charge in [-0.05, 0) is 115 Å². The van der Waals surface area contributed by atoms with Gasteiger partial charge in [-0.2, -0.15) is 0 Å². The molecule has 8 nitrogen and oxygen atoms in total. The van der Waals surface area contributed by atoms with Gasteiger partial charge in [0, 0.05) is 11.6 Å². The molecule has 0 saturated heterocycles. The highest BCUT2D eigenvalue weighted by molar-refractivity contribution is 5.94. The van der Waals surface area contributed by atoms with Gasteiger partial charge in [-0.3, -0.25) is 9.59 Å². The van der Waals surface area contributed by atoms with E-state index in [-0.39, 0.29) is 12.0 Å². The molecule has 0 aliphatic rings. The third-order valence-electron chi connectivity index (χ3n) is 12.0. The minimum Gasteiger partial charge on any atom is -0.481 e. The fourth-order valence-electron chi connectivity index (χ4n) is 8.05. The summed E-state index contributed by atoms with van der Waals surface area (Å²) in [6.07, 6.45) is 18.1. The van der Waals surface area contributed by atoms with E-state index in [1.54, 1.807) is 0 Å². The topological polar surface area (TPSA) is 149 Å². The summed E-state index contributed by atoms with van der Waals surface area (Å²) in [5.41, 5.74) is 8.80. The molecule has 0 fully saturated rings. The molecule has 0 aliphatic heterocycles. The maximum absolute atomic E-state index is 9.97. The lowest BCUT2D eigenvalue weighted by atomic mass is 9.75. The Hall–Kier alpha value is -5.50. The maximum atomic E-state index is 9.97. The second-order valence-electron chi connectivity index (χ2n) is 17.3. The van der Waals surface area contributed by atoms with Crippen molar-refractivity contribution in [2.24, 2.45) is 5.92 Å². The molecule has 5 atom stereocenters. The Morgan fingerprint density at radius 1 is 0.516 bits per heavy atom. The quantitative estimate of drug-likeness (QED) is 0.0360. The number of benzene rings is 4. The van der Waals surface area contributed by atoms with Gasteiger partial charge in [-0.1, -0.05) is 182 Å². The molecule has 0 amide bonds. The van der Waals surface area contributed by atoms with Crippen LogP contribution in [0.2, 0.25) is 0 Å². The van der Waals surface area contributed by atoms with Gasteiger partial charge in [-0.15, -0.1) is 0 Å². The van der Waals surface area contributed by atoms with Gasteiger partial charge < -0.3 is 20.4 Å². The van der Waals surface area contributed by atoms with Gasteiger partial charge in [0.2, 0.25) is 0 Å². The highest BCUT2D eigenvalue weighted by Gasteiger charge is 2.25. The number of carboxylic acid groups (broad SMARTS) is 4. The molecule has 0 aromatic heterocycles. The molecule has 4 aromatic carbocycles. The summed E-state index contributed by atoms with van der Waals surface area (Å²) in [4.78, 5) is 39.5. The van der Waals surface area contributed by atoms with Crippen LogP contribution in [0.3, 0.4) is 0 Å². The third-order valence-corrected chi connectivity index (χ3v) is 12.0. The number of unbranched alkanes of at least 4 members (excludes halogenated alkanes) is 6. The first kappa shape index (κ1) is 54.6.